The summed E-state index contributed by atoms with van der Waals surface area (Å²) in [6.45, 7) is 5.89. The molecule has 4 nitrogen and oxygen atoms in total. The van der Waals surface area contributed by atoms with Crippen molar-refractivity contribution in [3.63, 3.8) is 0 Å². The Kier molecular flexibility index (Phi) is 2.52. The molecule has 0 amide bonds. The molecule has 1 heterocycles. The molecule has 0 aliphatic carbocycles. The largest absolute Gasteiger partial charge is 0.322 e. The van der Waals surface area contributed by atoms with Crippen molar-refractivity contribution in [2.45, 2.75) is 26.3 Å². The van der Waals surface area contributed by atoms with E-state index < -0.39 is 0 Å². The van der Waals surface area contributed by atoms with E-state index in [4.69, 9.17) is 5.73 Å². The molecule has 0 aliphatic rings. The topological polar surface area (TPSA) is 56.7 Å². The summed E-state index contributed by atoms with van der Waals surface area (Å²) in [5.41, 5.74) is 8.65. The lowest BCUT2D eigenvalue weighted by atomic mass is 9.96. The Balaban J connectivity index is 2.33. The van der Waals surface area contributed by atoms with Crippen molar-refractivity contribution in [1.82, 2.24) is 15.0 Å². The summed E-state index contributed by atoms with van der Waals surface area (Å²) in [5, 5.41) is 8.40. The molecular weight excluding hydrogens is 200 g/mol. The van der Waals surface area contributed by atoms with E-state index in [-0.39, 0.29) is 5.54 Å². The molecule has 2 rings (SSSR count). The Morgan fingerprint density at radius 2 is 1.81 bits per heavy atom. The minimum atomic E-state index is -0.314. The molecule has 0 atom stereocenters. The van der Waals surface area contributed by atoms with Gasteiger partial charge in [-0.05, 0) is 38.5 Å². The van der Waals surface area contributed by atoms with E-state index in [1.165, 1.54) is 0 Å². The van der Waals surface area contributed by atoms with Crippen LogP contribution in [0.2, 0.25) is 0 Å². The van der Waals surface area contributed by atoms with E-state index in [0.29, 0.717) is 0 Å². The van der Waals surface area contributed by atoms with Crippen molar-refractivity contribution in [1.29, 1.82) is 0 Å². The number of hydrogen-bond acceptors (Lipinski definition) is 3. The van der Waals surface area contributed by atoms with Gasteiger partial charge >= 0.3 is 0 Å². The van der Waals surface area contributed by atoms with Gasteiger partial charge in [-0.2, -0.15) is 15.0 Å². The molecule has 0 saturated carbocycles. The highest BCUT2D eigenvalue weighted by Crippen LogP contribution is 2.18. The van der Waals surface area contributed by atoms with Crippen molar-refractivity contribution < 1.29 is 0 Å². The zero-order valence-electron chi connectivity index (χ0n) is 9.81. The molecule has 0 spiro atoms. The van der Waals surface area contributed by atoms with Gasteiger partial charge in [-0.15, -0.1) is 0 Å². The van der Waals surface area contributed by atoms with Crippen LogP contribution in [0.15, 0.2) is 30.5 Å². The first-order chi connectivity index (χ1) is 7.47. The lowest BCUT2D eigenvalue weighted by molar-refractivity contribution is 0.554. The minimum Gasteiger partial charge on any atom is -0.322 e. The first kappa shape index (κ1) is 10.8. The lowest BCUT2D eigenvalue weighted by Gasteiger charge is -2.19. The van der Waals surface area contributed by atoms with E-state index in [9.17, 15) is 0 Å². The van der Waals surface area contributed by atoms with Crippen molar-refractivity contribution in [3.05, 3.63) is 41.7 Å². The molecule has 84 valence electrons. The molecule has 1 aromatic carbocycles. The zero-order chi connectivity index (χ0) is 11.8. The smallest absolute Gasteiger partial charge is 0.0856 e. The van der Waals surface area contributed by atoms with Crippen LogP contribution in [0, 0.1) is 6.92 Å². The zero-order valence-corrected chi connectivity index (χ0v) is 9.81. The fourth-order valence-electron chi connectivity index (χ4n) is 1.49. The second kappa shape index (κ2) is 3.72. The summed E-state index contributed by atoms with van der Waals surface area (Å²) in [7, 11) is 0. The summed E-state index contributed by atoms with van der Waals surface area (Å²) in [4.78, 5) is 1.61. The van der Waals surface area contributed by atoms with E-state index in [1.807, 2.05) is 45.0 Å². The highest BCUT2D eigenvalue weighted by atomic mass is 15.5. The molecule has 0 saturated heterocycles. The second-order valence-electron chi connectivity index (χ2n) is 4.54. The van der Waals surface area contributed by atoms with Gasteiger partial charge in [0.2, 0.25) is 0 Å². The average Bonchev–Trinajstić information content (AvgIpc) is 2.64. The molecule has 4 heteroatoms. The van der Waals surface area contributed by atoms with E-state index in [0.717, 1.165) is 16.9 Å². The number of benzene rings is 1. The predicted molar refractivity (Wildman–Crippen MR) is 63.3 cm³/mol. The van der Waals surface area contributed by atoms with Gasteiger partial charge in [0.1, 0.15) is 0 Å². The Hall–Kier alpha value is -1.68. The lowest BCUT2D eigenvalue weighted by Crippen LogP contribution is -2.28. The van der Waals surface area contributed by atoms with Crippen LogP contribution in [-0.2, 0) is 5.54 Å². The van der Waals surface area contributed by atoms with Gasteiger partial charge in [-0.1, -0.05) is 12.1 Å². The molecule has 0 fully saturated rings. The fourth-order valence-corrected chi connectivity index (χ4v) is 1.49. The highest BCUT2D eigenvalue weighted by Gasteiger charge is 2.13. The van der Waals surface area contributed by atoms with Gasteiger partial charge in [0, 0.05) is 5.54 Å². The number of nitrogens with two attached hydrogens (primary N) is 1. The van der Waals surface area contributed by atoms with E-state index >= 15 is 0 Å². The third kappa shape index (κ3) is 2.12. The molecule has 1 aromatic heterocycles. The van der Waals surface area contributed by atoms with Gasteiger partial charge in [0.05, 0.1) is 17.6 Å². The molecule has 0 aliphatic heterocycles. The van der Waals surface area contributed by atoms with E-state index in [2.05, 4.69) is 10.2 Å². The number of aromatic nitrogens is 3. The summed E-state index contributed by atoms with van der Waals surface area (Å²) < 4.78 is 0. The third-order valence-corrected chi connectivity index (χ3v) is 2.45. The van der Waals surface area contributed by atoms with Gasteiger partial charge in [0.25, 0.3) is 0 Å². The van der Waals surface area contributed by atoms with Crippen LogP contribution in [0.4, 0.5) is 0 Å². The number of aryl methyl sites for hydroxylation is 1. The van der Waals surface area contributed by atoms with Crippen molar-refractivity contribution >= 4 is 0 Å². The van der Waals surface area contributed by atoms with Gasteiger partial charge in [-0.3, -0.25) is 0 Å². The van der Waals surface area contributed by atoms with Gasteiger partial charge in [0.15, 0.2) is 0 Å². The van der Waals surface area contributed by atoms with Crippen LogP contribution < -0.4 is 5.73 Å². The normalized spacial score (nSPS) is 11.8. The number of rotatable bonds is 2. The standard InChI is InChI=1S/C12H16N4/c1-9-8-14-16(15-9)11-6-4-10(5-7-11)12(2,3)13/h4-8H,13H2,1-3H3. The molecule has 0 radical (unpaired) electrons. The molecule has 2 aromatic rings. The second-order valence-corrected chi connectivity index (χ2v) is 4.54. The van der Waals surface area contributed by atoms with Crippen LogP contribution in [-0.4, -0.2) is 15.0 Å². The molecule has 2 N–H and O–H groups in total. The summed E-state index contributed by atoms with van der Waals surface area (Å²) >= 11 is 0. The molecule has 0 bridgehead atoms. The monoisotopic (exact) mass is 216 g/mol. The predicted octanol–water partition coefficient (Wildman–Crippen LogP) is 1.77. The quantitative estimate of drug-likeness (QED) is 0.832. The number of nitrogens with zero attached hydrogens (tertiary/aromatic N) is 3. The Labute approximate surface area is 95.1 Å². The van der Waals surface area contributed by atoms with Crippen LogP contribution in [0.5, 0.6) is 0 Å². The summed E-state index contributed by atoms with van der Waals surface area (Å²) in [6.07, 6.45) is 1.74. The number of hydrogen-bond donors (Lipinski definition) is 1. The molecule has 16 heavy (non-hydrogen) atoms. The maximum atomic E-state index is 6.01. The minimum absolute atomic E-state index is 0.314. The van der Waals surface area contributed by atoms with Crippen molar-refractivity contribution in [2.24, 2.45) is 5.73 Å². The highest BCUT2D eigenvalue weighted by molar-refractivity contribution is 5.35. The molecular formula is C12H16N4. The fraction of sp³-hybridized carbons (Fsp3) is 0.333. The van der Waals surface area contributed by atoms with Crippen LogP contribution in [0.25, 0.3) is 5.69 Å². The summed E-state index contributed by atoms with van der Waals surface area (Å²) in [5.74, 6) is 0. The van der Waals surface area contributed by atoms with E-state index in [1.54, 1.807) is 11.0 Å². The van der Waals surface area contributed by atoms with Crippen LogP contribution in [0.3, 0.4) is 0 Å². The van der Waals surface area contributed by atoms with Crippen LogP contribution in [0.1, 0.15) is 25.1 Å². The van der Waals surface area contributed by atoms with Crippen molar-refractivity contribution in [2.75, 3.05) is 0 Å². The maximum Gasteiger partial charge on any atom is 0.0856 e. The Bertz CT molecular complexity index is 476. The average molecular weight is 216 g/mol. The first-order valence-electron chi connectivity index (χ1n) is 5.25. The van der Waals surface area contributed by atoms with Gasteiger partial charge < -0.3 is 5.73 Å². The SMILES string of the molecule is Cc1cnn(-c2ccc(C(C)(C)N)cc2)n1. The molecule has 0 unspecified atom stereocenters. The first-order valence-corrected chi connectivity index (χ1v) is 5.25. The van der Waals surface area contributed by atoms with Crippen molar-refractivity contribution in [3.8, 4) is 5.69 Å². The third-order valence-electron chi connectivity index (χ3n) is 2.45. The summed E-state index contributed by atoms with van der Waals surface area (Å²) in [6, 6.07) is 7.97. The maximum absolute atomic E-state index is 6.01. The van der Waals surface area contributed by atoms with Crippen LogP contribution >= 0.6 is 0 Å². The van der Waals surface area contributed by atoms with Gasteiger partial charge in [-0.25, -0.2) is 0 Å². The Morgan fingerprint density at radius 3 is 2.25 bits per heavy atom. The Morgan fingerprint density at radius 1 is 1.19 bits per heavy atom.